The molecule has 120 valence electrons. The van der Waals surface area contributed by atoms with Gasteiger partial charge in [0.1, 0.15) is 6.54 Å². The summed E-state index contributed by atoms with van der Waals surface area (Å²) in [5, 5.41) is 4.74. The molecular formula is C15H13F2N3O3. The highest BCUT2D eigenvalue weighted by Gasteiger charge is 2.10. The molecule has 23 heavy (non-hydrogen) atoms. The number of anilines is 1. The van der Waals surface area contributed by atoms with Crippen molar-refractivity contribution < 1.29 is 18.4 Å². The molecule has 0 saturated carbocycles. The number of hydrogen-bond acceptors (Lipinski definition) is 3. The SMILES string of the molecule is CNC(=O)c1ccc(=O)n(CC(=O)Nc2ccc(F)c(F)c2)c1. The van der Waals surface area contributed by atoms with Crippen molar-refractivity contribution in [1.82, 2.24) is 9.88 Å². The minimum Gasteiger partial charge on any atom is -0.355 e. The monoisotopic (exact) mass is 321 g/mol. The molecule has 2 rings (SSSR count). The lowest BCUT2D eigenvalue weighted by Gasteiger charge is -2.09. The number of aromatic nitrogens is 1. The first-order chi connectivity index (χ1) is 10.9. The molecule has 0 atom stereocenters. The van der Waals surface area contributed by atoms with Crippen molar-refractivity contribution in [1.29, 1.82) is 0 Å². The van der Waals surface area contributed by atoms with Crippen LogP contribution >= 0.6 is 0 Å². The first kappa shape index (κ1) is 16.3. The average molecular weight is 321 g/mol. The van der Waals surface area contributed by atoms with Crippen LogP contribution < -0.4 is 16.2 Å². The largest absolute Gasteiger partial charge is 0.355 e. The quantitative estimate of drug-likeness (QED) is 0.886. The fourth-order valence-corrected chi connectivity index (χ4v) is 1.86. The van der Waals surface area contributed by atoms with Gasteiger partial charge in [0, 0.05) is 31.1 Å². The molecule has 2 amide bonds. The Morgan fingerprint density at radius 1 is 1.13 bits per heavy atom. The highest BCUT2D eigenvalue weighted by molar-refractivity contribution is 5.94. The minimum absolute atomic E-state index is 0.0596. The van der Waals surface area contributed by atoms with Gasteiger partial charge in [0.05, 0.1) is 5.56 Å². The average Bonchev–Trinajstić information content (AvgIpc) is 2.52. The Balaban J connectivity index is 2.15. The number of hydrogen-bond donors (Lipinski definition) is 2. The van der Waals surface area contributed by atoms with Crippen molar-refractivity contribution in [3.63, 3.8) is 0 Å². The van der Waals surface area contributed by atoms with E-state index in [1.54, 1.807) is 0 Å². The zero-order valence-corrected chi connectivity index (χ0v) is 12.1. The number of carbonyl (C=O) groups is 2. The summed E-state index contributed by atoms with van der Waals surface area (Å²) in [5.74, 6) is -3.15. The summed E-state index contributed by atoms with van der Waals surface area (Å²) in [6, 6.07) is 5.40. The third-order valence-corrected chi connectivity index (χ3v) is 2.99. The second kappa shape index (κ2) is 6.82. The number of nitrogens with zero attached hydrogens (tertiary/aromatic N) is 1. The van der Waals surface area contributed by atoms with Gasteiger partial charge in [-0.25, -0.2) is 8.78 Å². The molecule has 0 saturated heterocycles. The van der Waals surface area contributed by atoms with Crippen LogP contribution in [-0.2, 0) is 11.3 Å². The highest BCUT2D eigenvalue weighted by Crippen LogP contribution is 2.13. The van der Waals surface area contributed by atoms with Crippen LogP contribution in [0.1, 0.15) is 10.4 Å². The first-order valence-corrected chi connectivity index (χ1v) is 6.58. The van der Waals surface area contributed by atoms with Gasteiger partial charge in [-0.2, -0.15) is 0 Å². The van der Waals surface area contributed by atoms with Gasteiger partial charge in [-0.15, -0.1) is 0 Å². The maximum Gasteiger partial charge on any atom is 0.252 e. The van der Waals surface area contributed by atoms with Crippen LogP contribution in [0.25, 0.3) is 0 Å². The summed E-state index contributed by atoms with van der Waals surface area (Å²) in [4.78, 5) is 35.1. The van der Waals surface area contributed by atoms with Crippen LogP contribution in [0, 0.1) is 11.6 Å². The van der Waals surface area contributed by atoms with Gasteiger partial charge in [-0.05, 0) is 18.2 Å². The van der Waals surface area contributed by atoms with E-state index in [0.29, 0.717) is 0 Å². The van der Waals surface area contributed by atoms with E-state index >= 15 is 0 Å². The normalized spacial score (nSPS) is 10.2. The molecule has 8 heteroatoms. The van der Waals surface area contributed by atoms with Crippen molar-refractivity contribution in [2.24, 2.45) is 0 Å². The molecule has 0 aliphatic carbocycles. The Morgan fingerprint density at radius 2 is 1.87 bits per heavy atom. The van der Waals surface area contributed by atoms with E-state index in [4.69, 9.17) is 0 Å². The summed E-state index contributed by atoms with van der Waals surface area (Å²) in [7, 11) is 1.44. The number of rotatable bonds is 4. The minimum atomic E-state index is -1.10. The molecule has 1 aromatic carbocycles. The number of carbonyl (C=O) groups excluding carboxylic acids is 2. The standard InChI is InChI=1S/C15H13F2N3O3/c1-18-15(23)9-2-5-14(22)20(7-9)8-13(21)19-10-3-4-11(16)12(17)6-10/h2-7H,8H2,1H3,(H,18,23)(H,19,21). The molecule has 0 bridgehead atoms. The maximum atomic E-state index is 13.1. The van der Waals surface area contributed by atoms with Gasteiger partial charge < -0.3 is 15.2 Å². The van der Waals surface area contributed by atoms with Gasteiger partial charge in [-0.3, -0.25) is 14.4 Å². The zero-order chi connectivity index (χ0) is 17.0. The van der Waals surface area contributed by atoms with Gasteiger partial charge in [0.2, 0.25) is 5.91 Å². The van der Waals surface area contributed by atoms with E-state index in [1.165, 1.54) is 25.4 Å². The van der Waals surface area contributed by atoms with Crippen LogP contribution in [0.3, 0.4) is 0 Å². The van der Waals surface area contributed by atoms with E-state index in [1.807, 2.05) is 0 Å². The second-order valence-corrected chi connectivity index (χ2v) is 4.64. The van der Waals surface area contributed by atoms with E-state index in [0.717, 1.165) is 22.8 Å². The molecule has 0 aliphatic rings. The predicted octanol–water partition coefficient (Wildman–Crippen LogP) is 1.12. The fourth-order valence-electron chi connectivity index (χ4n) is 1.86. The van der Waals surface area contributed by atoms with E-state index in [9.17, 15) is 23.2 Å². The topological polar surface area (TPSA) is 80.2 Å². The maximum absolute atomic E-state index is 13.1. The molecule has 6 nitrogen and oxygen atoms in total. The van der Waals surface area contributed by atoms with E-state index < -0.39 is 29.0 Å². The molecule has 0 unspecified atom stereocenters. The molecule has 2 N–H and O–H groups in total. The second-order valence-electron chi connectivity index (χ2n) is 4.64. The van der Waals surface area contributed by atoms with Gasteiger partial charge in [0.25, 0.3) is 11.5 Å². The zero-order valence-electron chi connectivity index (χ0n) is 12.1. The molecule has 0 aliphatic heterocycles. The Labute approximate surface area is 129 Å². The lowest BCUT2D eigenvalue weighted by molar-refractivity contribution is -0.116. The number of amides is 2. The number of nitrogens with one attached hydrogen (secondary N) is 2. The van der Waals surface area contributed by atoms with Crippen molar-refractivity contribution in [2.45, 2.75) is 6.54 Å². The van der Waals surface area contributed by atoms with Crippen LogP contribution in [0.5, 0.6) is 0 Å². The van der Waals surface area contributed by atoms with Crippen LogP contribution in [0.15, 0.2) is 41.3 Å². The predicted molar refractivity (Wildman–Crippen MR) is 79.1 cm³/mol. The van der Waals surface area contributed by atoms with E-state index in [-0.39, 0.29) is 17.8 Å². The summed E-state index contributed by atoms with van der Waals surface area (Å²) >= 11 is 0. The molecule has 0 radical (unpaired) electrons. The summed E-state index contributed by atoms with van der Waals surface area (Å²) in [6.07, 6.45) is 1.24. The molecule has 0 spiro atoms. The van der Waals surface area contributed by atoms with Crippen LogP contribution in [0.2, 0.25) is 0 Å². The first-order valence-electron chi connectivity index (χ1n) is 6.58. The third-order valence-electron chi connectivity index (χ3n) is 2.99. The number of pyridine rings is 1. The molecule has 1 aromatic heterocycles. The molecule has 2 aromatic rings. The Morgan fingerprint density at radius 3 is 2.52 bits per heavy atom. The van der Waals surface area contributed by atoms with Crippen molar-refractivity contribution in [3.8, 4) is 0 Å². The van der Waals surface area contributed by atoms with Gasteiger partial charge >= 0.3 is 0 Å². The summed E-state index contributed by atoms with van der Waals surface area (Å²) in [5.41, 5.74) is -0.199. The number of benzene rings is 1. The molecular weight excluding hydrogens is 308 g/mol. The molecule has 0 fully saturated rings. The van der Waals surface area contributed by atoms with Crippen molar-refractivity contribution in [3.05, 3.63) is 64.1 Å². The lowest BCUT2D eigenvalue weighted by atomic mass is 10.2. The highest BCUT2D eigenvalue weighted by atomic mass is 19.2. The van der Waals surface area contributed by atoms with Crippen molar-refractivity contribution in [2.75, 3.05) is 12.4 Å². The van der Waals surface area contributed by atoms with Gasteiger partial charge in [-0.1, -0.05) is 0 Å². The Bertz CT molecular complexity index is 818. The summed E-state index contributed by atoms with van der Waals surface area (Å²) in [6.45, 7) is -0.372. The Hall–Kier alpha value is -3.03. The van der Waals surface area contributed by atoms with Crippen LogP contribution in [-0.4, -0.2) is 23.4 Å². The molecule has 1 heterocycles. The summed E-state index contributed by atoms with van der Waals surface area (Å²) < 4.78 is 26.9. The third kappa shape index (κ3) is 4.00. The lowest BCUT2D eigenvalue weighted by Crippen LogP contribution is -2.29. The van der Waals surface area contributed by atoms with Crippen molar-refractivity contribution >= 4 is 17.5 Å². The van der Waals surface area contributed by atoms with Crippen LogP contribution in [0.4, 0.5) is 14.5 Å². The fraction of sp³-hybridized carbons (Fsp3) is 0.133. The number of halogens is 2. The van der Waals surface area contributed by atoms with Gasteiger partial charge in [0.15, 0.2) is 11.6 Å². The smallest absolute Gasteiger partial charge is 0.252 e. The van der Waals surface area contributed by atoms with E-state index in [2.05, 4.69) is 10.6 Å². The Kier molecular flexibility index (Phi) is 4.85.